The van der Waals surface area contributed by atoms with Gasteiger partial charge in [-0.25, -0.2) is 9.18 Å². The van der Waals surface area contributed by atoms with Crippen molar-refractivity contribution in [3.63, 3.8) is 0 Å². The number of rotatable bonds is 3. The number of aromatic amines is 2. The minimum atomic E-state index is -0.549. The number of aromatic nitrogens is 4. The van der Waals surface area contributed by atoms with Crippen molar-refractivity contribution in [2.75, 3.05) is 0 Å². The number of nitrogens with zero attached hydrogens (tertiary/aromatic N) is 2. The van der Waals surface area contributed by atoms with Crippen LogP contribution in [0.15, 0.2) is 46.1 Å². The summed E-state index contributed by atoms with van der Waals surface area (Å²) in [5, 5.41) is 8.84. The lowest BCUT2D eigenvalue weighted by Crippen LogP contribution is -2.23. The number of aryl methyl sites for hydroxylation is 1. The summed E-state index contributed by atoms with van der Waals surface area (Å²) < 4.78 is 12.8. The van der Waals surface area contributed by atoms with Crippen molar-refractivity contribution in [1.29, 1.82) is 0 Å². The number of hydrogen-bond donors (Lipinski definition) is 2. The second-order valence-corrected chi connectivity index (χ2v) is 7.27. The highest BCUT2D eigenvalue weighted by Gasteiger charge is 2.10. The molecular formula is C22H28FN4O2P. The van der Waals surface area contributed by atoms with Gasteiger partial charge in [-0.15, -0.1) is 14.0 Å². The highest BCUT2D eigenvalue weighted by atomic mass is 31.0. The number of hydrogen-bond acceptors (Lipinski definition) is 4. The highest BCUT2D eigenvalue weighted by molar-refractivity contribution is 7.22. The molecule has 2 aromatic heterocycles. The van der Waals surface area contributed by atoms with Crippen LogP contribution in [0.2, 0.25) is 0 Å². The Hall–Kier alpha value is -2.92. The van der Waals surface area contributed by atoms with Gasteiger partial charge in [0.2, 0.25) is 0 Å². The molecule has 3 rings (SSSR count). The fraction of sp³-hybridized carbons (Fsp3) is 0.318. The fourth-order valence-electron chi connectivity index (χ4n) is 2.51. The van der Waals surface area contributed by atoms with Crippen LogP contribution in [0.4, 0.5) is 4.39 Å². The van der Waals surface area contributed by atoms with Crippen LogP contribution in [-0.4, -0.2) is 25.5 Å². The average molecular weight is 430 g/mol. The second-order valence-electron chi connectivity index (χ2n) is 6.52. The maximum Gasteiger partial charge on any atom is 0.325 e. The van der Waals surface area contributed by atoms with E-state index >= 15 is 0 Å². The van der Waals surface area contributed by atoms with E-state index in [0.29, 0.717) is 5.69 Å². The van der Waals surface area contributed by atoms with Crippen LogP contribution < -0.4 is 11.2 Å². The topological polar surface area (TPSA) is 91.5 Å². The molecule has 160 valence electrons. The van der Waals surface area contributed by atoms with Crippen LogP contribution in [0.5, 0.6) is 0 Å². The predicted octanol–water partition coefficient (Wildman–Crippen LogP) is 4.49. The molecule has 0 radical (unpaired) electrons. The maximum absolute atomic E-state index is 12.8. The number of benzene rings is 1. The normalized spacial score (nSPS) is 9.87. The van der Waals surface area contributed by atoms with E-state index < -0.39 is 11.2 Å². The molecule has 2 N–H and O–H groups in total. The van der Waals surface area contributed by atoms with E-state index in [9.17, 15) is 14.0 Å². The molecule has 0 aliphatic heterocycles. The minimum Gasteiger partial charge on any atom is -0.313 e. The highest BCUT2D eigenvalue weighted by Crippen LogP contribution is 2.17. The van der Waals surface area contributed by atoms with Crippen molar-refractivity contribution in [2.24, 2.45) is 0 Å². The molecule has 30 heavy (non-hydrogen) atoms. The monoisotopic (exact) mass is 430 g/mol. The zero-order valence-corrected chi connectivity index (χ0v) is 19.1. The van der Waals surface area contributed by atoms with Gasteiger partial charge in [0, 0.05) is 11.8 Å². The zero-order valence-electron chi connectivity index (χ0n) is 18.1. The molecule has 0 bridgehead atoms. The Bertz CT molecular complexity index is 1110. The lowest BCUT2D eigenvalue weighted by molar-refractivity contribution is 0.598. The maximum atomic E-state index is 12.8. The minimum absolute atomic E-state index is 0.0995. The van der Waals surface area contributed by atoms with E-state index in [1.165, 1.54) is 12.3 Å². The van der Waals surface area contributed by atoms with Crippen LogP contribution in [0.1, 0.15) is 57.4 Å². The van der Waals surface area contributed by atoms with Crippen molar-refractivity contribution in [3.8, 4) is 11.3 Å². The SMILES string of the molecule is CC.CC(=P)c1cc(-c2c[nH]c(=O)[nH]c2=O)nnc1C.CC(C)c1ccccc1F. The summed E-state index contributed by atoms with van der Waals surface area (Å²) >= 11 is 0. The van der Waals surface area contributed by atoms with E-state index in [4.69, 9.17) is 0 Å². The Morgan fingerprint density at radius 3 is 2.27 bits per heavy atom. The van der Waals surface area contributed by atoms with Gasteiger partial charge in [0.1, 0.15) is 11.5 Å². The largest absolute Gasteiger partial charge is 0.325 e. The quantitative estimate of drug-likeness (QED) is 0.599. The lowest BCUT2D eigenvalue weighted by Gasteiger charge is -2.05. The van der Waals surface area contributed by atoms with Gasteiger partial charge >= 0.3 is 5.69 Å². The van der Waals surface area contributed by atoms with Gasteiger partial charge in [0.25, 0.3) is 5.56 Å². The first-order chi connectivity index (χ1) is 14.2. The van der Waals surface area contributed by atoms with Gasteiger partial charge < -0.3 is 4.98 Å². The van der Waals surface area contributed by atoms with Crippen LogP contribution in [-0.2, 0) is 0 Å². The average Bonchev–Trinajstić information content (AvgIpc) is 2.70. The summed E-state index contributed by atoms with van der Waals surface area (Å²) in [6.07, 6.45) is 1.33. The molecular weight excluding hydrogens is 402 g/mol. The first-order valence-electron chi connectivity index (χ1n) is 9.67. The molecule has 8 heteroatoms. The van der Waals surface area contributed by atoms with E-state index in [0.717, 1.165) is 22.1 Å². The third-order valence-electron chi connectivity index (χ3n) is 4.01. The van der Waals surface area contributed by atoms with Gasteiger partial charge in [-0.3, -0.25) is 9.78 Å². The first-order valence-corrected chi connectivity index (χ1v) is 10.2. The number of halogens is 1. The molecule has 0 amide bonds. The van der Waals surface area contributed by atoms with Gasteiger partial charge in [-0.1, -0.05) is 45.9 Å². The molecule has 0 saturated heterocycles. The summed E-state index contributed by atoms with van der Waals surface area (Å²) in [5.41, 5.74) is 2.06. The summed E-state index contributed by atoms with van der Waals surface area (Å²) in [4.78, 5) is 27.1. The smallest absolute Gasteiger partial charge is 0.313 e. The molecule has 1 aromatic carbocycles. The van der Waals surface area contributed by atoms with Crippen LogP contribution in [0.25, 0.3) is 11.3 Å². The van der Waals surface area contributed by atoms with Gasteiger partial charge in [-0.2, -0.15) is 5.10 Å². The Labute approximate surface area is 177 Å². The predicted molar refractivity (Wildman–Crippen MR) is 123 cm³/mol. The Kier molecular flexibility index (Phi) is 9.99. The van der Waals surface area contributed by atoms with E-state index in [1.54, 1.807) is 12.1 Å². The summed E-state index contributed by atoms with van der Waals surface area (Å²) in [5.74, 6) is 0.179. The van der Waals surface area contributed by atoms with Crippen LogP contribution >= 0.6 is 8.86 Å². The first kappa shape index (κ1) is 25.1. The van der Waals surface area contributed by atoms with Gasteiger partial charge in [-0.05, 0) is 42.8 Å². The number of H-pyrrole nitrogens is 2. The number of nitrogens with one attached hydrogen (secondary N) is 2. The zero-order chi connectivity index (χ0) is 22.8. The van der Waals surface area contributed by atoms with Crippen molar-refractivity contribution < 1.29 is 4.39 Å². The second kappa shape index (κ2) is 11.9. The van der Waals surface area contributed by atoms with Crippen LogP contribution in [0.3, 0.4) is 0 Å². The molecule has 0 saturated carbocycles. The third kappa shape index (κ3) is 6.85. The van der Waals surface area contributed by atoms with E-state index in [1.807, 2.05) is 53.7 Å². The Balaban J connectivity index is 0.000000318. The molecule has 0 fully saturated rings. The van der Waals surface area contributed by atoms with E-state index in [-0.39, 0.29) is 17.3 Å². The van der Waals surface area contributed by atoms with Crippen molar-refractivity contribution in [1.82, 2.24) is 20.2 Å². The standard InChI is InChI=1S/C11H11N4O2P.C9H11F.C2H6/c1-5-7(6(2)18)3-9(15-14-5)8-4-12-11(17)13-10(8)16;1-7(2)8-5-3-4-6-9(8)10;1-2/h3-4,18H,1-2H3,(H2,12,13,16,17);3-7H,1-2H3;1-2H3. The van der Waals surface area contributed by atoms with Crippen molar-refractivity contribution in [3.05, 3.63) is 80.0 Å². The van der Waals surface area contributed by atoms with Crippen LogP contribution in [0, 0.1) is 12.7 Å². The molecule has 0 atom stereocenters. The molecule has 2 heterocycles. The van der Waals surface area contributed by atoms with Crippen molar-refractivity contribution >= 4 is 14.2 Å². The van der Waals surface area contributed by atoms with E-state index in [2.05, 4.69) is 29.0 Å². The molecule has 0 unspecified atom stereocenters. The van der Waals surface area contributed by atoms with Gasteiger partial charge in [0.15, 0.2) is 0 Å². The molecule has 0 aliphatic rings. The fourth-order valence-corrected chi connectivity index (χ4v) is 2.76. The lowest BCUT2D eigenvalue weighted by atomic mass is 10.0. The third-order valence-corrected chi connectivity index (χ3v) is 4.27. The Morgan fingerprint density at radius 1 is 1.13 bits per heavy atom. The summed E-state index contributed by atoms with van der Waals surface area (Å²) in [7, 11) is 3.43. The van der Waals surface area contributed by atoms with Gasteiger partial charge in [0.05, 0.1) is 11.3 Å². The Morgan fingerprint density at radius 2 is 1.77 bits per heavy atom. The molecule has 0 spiro atoms. The molecule has 0 aliphatic carbocycles. The van der Waals surface area contributed by atoms with Crippen molar-refractivity contribution in [2.45, 2.75) is 47.5 Å². The molecule has 3 aromatic rings. The summed E-state index contributed by atoms with van der Waals surface area (Å²) in [6.45, 7) is 11.7. The molecule has 6 nitrogen and oxygen atoms in total. The summed E-state index contributed by atoms with van der Waals surface area (Å²) in [6, 6.07) is 8.63.